The normalized spacial score (nSPS) is 11.1. The Morgan fingerprint density at radius 2 is 2.22 bits per heavy atom. The summed E-state index contributed by atoms with van der Waals surface area (Å²) < 4.78 is 15.1. The molecule has 0 atom stereocenters. The number of anilines is 1. The molecule has 2 aromatic rings. The number of aromatic nitrogens is 2. The molecule has 8 heteroatoms. The van der Waals surface area contributed by atoms with Crippen molar-refractivity contribution in [1.82, 2.24) is 9.78 Å². The van der Waals surface area contributed by atoms with E-state index in [1.165, 1.54) is 29.0 Å². The van der Waals surface area contributed by atoms with E-state index >= 15 is 0 Å². The third-order valence-corrected chi connectivity index (χ3v) is 3.41. The molecule has 0 spiro atoms. The Hall–Kier alpha value is -2.87. The van der Waals surface area contributed by atoms with Gasteiger partial charge in [0.15, 0.2) is 0 Å². The molecule has 0 saturated heterocycles. The SMILES string of the molecule is N#CC(=Cc1c(F)cccc1Cl)c1nn(CCO)c(N)c1C#N. The van der Waals surface area contributed by atoms with Crippen molar-refractivity contribution < 1.29 is 9.50 Å². The summed E-state index contributed by atoms with van der Waals surface area (Å²) in [6.45, 7) is -0.166. The average molecular weight is 332 g/mol. The zero-order valence-electron chi connectivity index (χ0n) is 11.8. The highest BCUT2D eigenvalue weighted by Crippen LogP contribution is 2.28. The standard InChI is InChI=1S/C15H11ClFN5O/c16-12-2-1-3-13(17)10(12)6-9(7-18)14-11(8-19)15(20)22(21-14)4-5-23/h1-3,6,23H,4-5,20H2. The van der Waals surface area contributed by atoms with Crippen LogP contribution >= 0.6 is 11.6 Å². The number of allylic oxidation sites excluding steroid dienone is 1. The molecule has 0 aliphatic carbocycles. The molecule has 1 heterocycles. The van der Waals surface area contributed by atoms with Gasteiger partial charge in [-0.1, -0.05) is 17.7 Å². The van der Waals surface area contributed by atoms with E-state index in [2.05, 4.69) is 5.10 Å². The number of hydrogen-bond acceptors (Lipinski definition) is 5. The van der Waals surface area contributed by atoms with Gasteiger partial charge in [0.25, 0.3) is 0 Å². The van der Waals surface area contributed by atoms with Crippen molar-refractivity contribution in [2.75, 3.05) is 12.3 Å². The number of nitrogens with two attached hydrogens (primary N) is 1. The summed E-state index contributed by atoms with van der Waals surface area (Å²) in [5.74, 6) is -0.580. The maximum Gasteiger partial charge on any atom is 0.140 e. The zero-order valence-corrected chi connectivity index (χ0v) is 12.5. The lowest BCUT2D eigenvalue weighted by Crippen LogP contribution is -2.07. The van der Waals surface area contributed by atoms with Crippen molar-refractivity contribution in [2.45, 2.75) is 6.54 Å². The molecule has 1 aromatic carbocycles. The highest BCUT2D eigenvalue weighted by Gasteiger charge is 2.19. The number of benzene rings is 1. The van der Waals surface area contributed by atoms with E-state index in [4.69, 9.17) is 22.4 Å². The van der Waals surface area contributed by atoms with Crippen LogP contribution in [0.5, 0.6) is 0 Å². The van der Waals surface area contributed by atoms with Crippen LogP contribution in [0.4, 0.5) is 10.2 Å². The Morgan fingerprint density at radius 3 is 2.78 bits per heavy atom. The summed E-state index contributed by atoms with van der Waals surface area (Å²) >= 11 is 5.94. The molecule has 0 aliphatic rings. The van der Waals surface area contributed by atoms with Gasteiger partial charge in [0.1, 0.15) is 35.0 Å². The van der Waals surface area contributed by atoms with Crippen LogP contribution in [0, 0.1) is 28.5 Å². The van der Waals surface area contributed by atoms with Crippen molar-refractivity contribution in [3.63, 3.8) is 0 Å². The molecule has 0 aliphatic heterocycles. The van der Waals surface area contributed by atoms with Crippen molar-refractivity contribution >= 4 is 29.1 Å². The minimum Gasteiger partial charge on any atom is -0.394 e. The maximum atomic E-state index is 13.9. The summed E-state index contributed by atoms with van der Waals surface area (Å²) in [7, 11) is 0. The Morgan fingerprint density at radius 1 is 1.48 bits per heavy atom. The Kier molecular flexibility index (Phi) is 4.97. The first kappa shape index (κ1) is 16.5. The number of nitriles is 2. The quantitative estimate of drug-likeness (QED) is 0.834. The predicted molar refractivity (Wildman–Crippen MR) is 83.3 cm³/mol. The molecule has 0 amide bonds. The van der Waals surface area contributed by atoms with E-state index in [0.717, 1.165) is 0 Å². The van der Waals surface area contributed by atoms with Gasteiger partial charge in [-0.25, -0.2) is 9.07 Å². The highest BCUT2D eigenvalue weighted by molar-refractivity contribution is 6.32. The lowest BCUT2D eigenvalue weighted by Gasteiger charge is -2.01. The number of hydrogen-bond donors (Lipinski definition) is 2. The Bertz CT molecular complexity index is 840. The minimum atomic E-state index is -0.605. The van der Waals surface area contributed by atoms with E-state index in [1.807, 2.05) is 12.1 Å². The van der Waals surface area contributed by atoms with E-state index < -0.39 is 5.82 Å². The van der Waals surface area contributed by atoms with Gasteiger partial charge in [-0.05, 0) is 18.2 Å². The van der Waals surface area contributed by atoms with Gasteiger partial charge in [0.2, 0.25) is 0 Å². The zero-order chi connectivity index (χ0) is 17.0. The minimum absolute atomic E-state index is 0.0141. The summed E-state index contributed by atoms with van der Waals surface area (Å²) in [6.07, 6.45) is 1.21. The third kappa shape index (κ3) is 3.16. The van der Waals surface area contributed by atoms with Crippen LogP contribution in [0.3, 0.4) is 0 Å². The largest absolute Gasteiger partial charge is 0.394 e. The molecule has 116 valence electrons. The predicted octanol–water partition coefficient (Wildman–Crippen LogP) is 2.19. The van der Waals surface area contributed by atoms with Gasteiger partial charge in [0.05, 0.1) is 23.7 Å². The second-order valence-electron chi connectivity index (χ2n) is 4.47. The lowest BCUT2D eigenvalue weighted by molar-refractivity contribution is 0.270. The average Bonchev–Trinajstić information content (AvgIpc) is 2.84. The number of aliphatic hydroxyl groups excluding tert-OH is 1. The number of rotatable bonds is 4. The van der Waals surface area contributed by atoms with Crippen LogP contribution in [0.25, 0.3) is 11.6 Å². The fourth-order valence-corrected chi connectivity index (χ4v) is 2.20. The second kappa shape index (κ2) is 6.93. The fourth-order valence-electron chi connectivity index (χ4n) is 1.99. The molecule has 2 rings (SSSR count). The van der Waals surface area contributed by atoms with Crippen LogP contribution in [0.1, 0.15) is 16.8 Å². The van der Waals surface area contributed by atoms with Gasteiger partial charge in [-0.15, -0.1) is 0 Å². The first-order valence-electron chi connectivity index (χ1n) is 6.46. The van der Waals surface area contributed by atoms with Crippen molar-refractivity contribution in [3.05, 3.63) is 45.9 Å². The Labute approximate surface area is 136 Å². The molecular weight excluding hydrogens is 321 g/mol. The molecule has 0 fully saturated rings. The van der Waals surface area contributed by atoms with Gasteiger partial charge in [-0.2, -0.15) is 15.6 Å². The molecule has 0 saturated carbocycles. The molecule has 0 unspecified atom stereocenters. The molecule has 0 radical (unpaired) electrons. The first-order chi connectivity index (χ1) is 11.0. The third-order valence-electron chi connectivity index (χ3n) is 3.08. The van der Waals surface area contributed by atoms with Crippen molar-refractivity contribution in [2.24, 2.45) is 0 Å². The highest BCUT2D eigenvalue weighted by atomic mass is 35.5. The topological polar surface area (TPSA) is 112 Å². The summed E-state index contributed by atoms with van der Waals surface area (Å²) in [5.41, 5.74) is 5.74. The number of nitrogens with zero attached hydrogens (tertiary/aromatic N) is 4. The van der Waals surface area contributed by atoms with E-state index in [0.29, 0.717) is 0 Å². The summed E-state index contributed by atoms with van der Waals surface area (Å²) in [4.78, 5) is 0. The van der Waals surface area contributed by atoms with Crippen LogP contribution in [-0.4, -0.2) is 21.5 Å². The van der Waals surface area contributed by atoms with E-state index in [1.54, 1.807) is 0 Å². The van der Waals surface area contributed by atoms with Gasteiger partial charge >= 0.3 is 0 Å². The number of nitrogen functional groups attached to an aromatic ring is 1. The summed E-state index contributed by atoms with van der Waals surface area (Å²) in [6, 6.07) is 7.86. The smallest absolute Gasteiger partial charge is 0.140 e. The van der Waals surface area contributed by atoms with Crippen LogP contribution in [0.2, 0.25) is 5.02 Å². The van der Waals surface area contributed by atoms with E-state index in [9.17, 15) is 14.9 Å². The Balaban J connectivity index is 2.64. The second-order valence-corrected chi connectivity index (χ2v) is 4.88. The number of aliphatic hydroxyl groups is 1. The molecule has 0 bridgehead atoms. The maximum absolute atomic E-state index is 13.9. The fraction of sp³-hybridized carbons (Fsp3) is 0.133. The van der Waals surface area contributed by atoms with Gasteiger partial charge < -0.3 is 10.8 Å². The first-order valence-corrected chi connectivity index (χ1v) is 6.84. The van der Waals surface area contributed by atoms with Crippen molar-refractivity contribution in [1.29, 1.82) is 10.5 Å². The molecule has 23 heavy (non-hydrogen) atoms. The van der Waals surface area contributed by atoms with E-state index in [-0.39, 0.29) is 46.4 Å². The van der Waals surface area contributed by atoms with Crippen molar-refractivity contribution in [3.8, 4) is 12.1 Å². The summed E-state index contributed by atoms with van der Waals surface area (Å²) in [5, 5.41) is 31.7. The molecule has 6 nitrogen and oxygen atoms in total. The van der Waals surface area contributed by atoms with Gasteiger partial charge in [-0.3, -0.25) is 0 Å². The van der Waals surface area contributed by atoms with Gasteiger partial charge in [0, 0.05) is 5.56 Å². The number of halogens is 2. The van der Waals surface area contributed by atoms with Crippen LogP contribution in [0.15, 0.2) is 18.2 Å². The monoisotopic (exact) mass is 331 g/mol. The molecular formula is C15H11ClFN5O. The molecule has 1 aromatic heterocycles. The lowest BCUT2D eigenvalue weighted by atomic mass is 10.1. The van der Waals surface area contributed by atoms with Crippen LogP contribution in [-0.2, 0) is 6.54 Å². The molecule has 3 N–H and O–H groups in total. The van der Waals surface area contributed by atoms with Crippen LogP contribution < -0.4 is 5.73 Å².